The van der Waals surface area contributed by atoms with Crippen molar-refractivity contribution in [3.05, 3.63) is 41.3 Å². The van der Waals surface area contributed by atoms with E-state index in [1.165, 1.54) is 6.20 Å². The number of pyridine rings is 1. The average Bonchev–Trinajstić information content (AvgIpc) is 2.71. The minimum atomic E-state index is -0.353. The van der Waals surface area contributed by atoms with Crippen LogP contribution >= 0.6 is 0 Å². The van der Waals surface area contributed by atoms with E-state index in [1.807, 2.05) is 26.0 Å². The molecule has 0 radical (unpaired) electrons. The molecule has 0 spiro atoms. The van der Waals surface area contributed by atoms with Crippen LogP contribution in [0.1, 0.15) is 28.5 Å². The first-order valence-electron chi connectivity index (χ1n) is 5.78. The van der Waals surface area contributed by atoms with Gasteiger partial charge in [-0.15, -0.1) is 0 Å². The average molecular weight is 245 g/mol. The van der Waals surface area contributed by atoms with Crippen molar-refractivity contribution >= 4 is 5.97 Å². The lowest BCUT2D eigenvalue weighted by molar-refractivity contribution is 0.0525. The molecule has 2 rings (SSSR count). The minimum absolute atomic E-state index is 0.353. The van der Waals surface area contributed by atoms with Crippen molar-refractivity contribution in [1.82, 2.24) is 14.8 Å². The summed E-state index contributed by atoms with van der Waals surface area (Å²) in [5, 5.41) is 4.18. The SMILES string of the molecule is CCOC(=O)c1cnn(-c2cc(C)ccn2)c1C. The third-order valence-corrected chi connectivity index (χ3v) is 2.62. The van der Waals surface area contributed by atoms with E-state index in [0.29, 0.717) is 18.0 Å². The molecule has 2 aromatic heterocycles. The third-order valence-electron chi connectivity index (χ3n) is 2.62. The Morgan fingerprint density at radius 2 is 2.22 bits per heavy atom. The van der Waals surface area contributed by atoms with Gasteiger partial charge in [0.2, 0.25) is 0 Å². The number of hydrogen-bond donors (Lipinski definition) is 0. The van der Waals surface area contributed by atoms with E-state index < -0.39 is 0 Å². The van der Waals surface area contributed by atoms with Crippen LogP contribution in [0.3, 0.4) is 0 Å². The zero-order chi connectivity index (χ0) is 13.1. The smallest absolute Gasteiger partial charge is 0.341 e. The molecule has 0 saturated carbocycles. The molecule has 0 aromatic carbocycles. The van der Waals surface area contributed by atoms with Crippen LogP contribution in [0.2, 0.25) is 0 Å². The maximum atomic E-state index is 11.7. The number of rotatable bonds is 3. The summed E-state index contributed by atoms with van der Waals surface area (Å²) < 4.78 is 6.61. The quantitative estimate of drug-likeness (QED) is 0.777. The summed E-state index contributed by atoms with van der Waals surface area (Å²) in [4.78, 5) is 15.9. The van der Waals surface area contributed by atoms with Crippen molar-refractivity contribution in [3.8, 4) is 5.82 Å². The molecule has 94 valence electrons. The number of hydrogen-bond acceptors (Lipinski definition) is 4. The lowest BCUT2D eigenvalue weighted by Crippen LogP contribution is -2.07. The van der Waals surface area contributed by atoms with Crippen LogP contribution in [-0.4, -0.2) is 27.3 Å². The fourth-order valence-corrected chi connectivity index (χ4v) is 1.69. The summed E-state index contributed by atoms with van der Waals surface area (Å²) in [5.41, 5.74) is 2.29. The zero-order valence-electron chi connectivity index (χ0n) is 10.7. The second kappa shape index (κ2) is 5.00. The van der Waals surface area contributed by atoms with Gasteiger partial charge >= 0.3 is 5.97 Å². The highest BCUT2D eigenvalue weighted by Crippen LogP contribution is 2.14. The lowest BCUT2D eigenvalue weighted by atomic mass is 10.2. The summed E-state index contributed by atoms with van der Waals surface area (Å²) in [6.07, 6.45) is 3.23. The second-order valence-electron chi connectivity index (χ2n) is 3.97. The van der Waals surface area contributed by atoms with Crippen LogP contribution in [0.15, 0.2) is 24.5 Å². The lowest BCUT2D eigenvalue weighted by Gasteiger charge is -2.05. The van der Waals surface area contributed by atoms with Crippen LogP contribution < -0.4 is 0 Å². The highest BCUT2D eigenvalue weighted by molar-refractivity contribution is 5.90. The van der Waals surface area contributed by atoms with Gasteiger partial charge in [-0.1, -0.05) is 0 Å². The second-order valence-corrected chi connectivity index (χ2v) is 3.97. The van der Waals surface area contributed by atoms with E-state index in [0.717, 1.165) is 11.3 Å². The molecule has 0 amide bonds. The Morgan fingerprint density at radius 3 is 2.89 bits per heavy atom. The van der Waals surface area contributed by atoms with E-state index in [2.05, 4.69) is 10.1 Å². The molecule has 0 aliphatic rings. The molecule has 0 aliphatic carbocycles. The van der Waals surface area contributed by atoms with Crippen molar-refractivity contribution < 1.29 is 9.53 Å². The topological polar surface area (TPSA) is 57.0 Å². The highest BCUT2D eigenvalue weighted by Gasteiger charge is 2.16. The number of ether oxygens (including phenoxy) is 1. The fraction of sp³-hybridized carbons (Fsp3) is 0.308. The molecule has 0 fully saturated rings. The van der Waals surface area contributed by atoms with Crippen molar-refractivity contribution in [2.75, 3.05) is 6.61 Å². The Balaban J connectivity index is 2.39. The number of carbonyl (C=O) groups is 1. The highest BCUT2D eigenvalue weighted by atomic mass is 16.5. The predicted octanol–water partition coefficient (Wildman–Crippen LogP) is 2.06. The number of aryl methyl sites for hydroxylation is 1. The minimum Gasteiger partial charge on any atom is -0.462 e. The molecule has 0 unspecified atom stereocenters. The summed E-state index contributed by atoms with van der Waals surface area (Å²) in [6, 6.07) is 3.82. The third kappa shape index (κ3) is 2.25. The Hall–Kier alpha value is -2.17. The molecule has 0 N–H and O–H groups in total. The van der Waals surface area contributed by atoms with Crippen molar-refractivity contribution in [1.29, 1.82) is 0 Å². The van der Waals surface area contributed by atoms with Crippen molar-refractivity contribution in [2.24, 2.45) is 0 Å². The van der Waals surface area contributed by atoms with E-state index in [4.69, 9.17) is 4.74 Å². The summed E-state index contributed by atoms with van der Waals surface area (Å²) in [7, 11) is 0. The van der Waals surface area contributed by atoms with E-state index in [-0.39, 0.29) is 5.97 Å². The van der Waals surface area contributed by atoms with Gasteiger partial charge in [0.15, 0.2) is 5.82 Å². The van der Waals surface area contributed by atoms with Crippen LogP contribution in [0.25, 0.3) is 5.82 Å². The van der Waals surface area contributed by atoms with E-state index >= 15 is 0 Å². The van der Waals surface area contributed by atoms with Gasteiger partial charge in [-0.2, -0.15) is 5.10 Å². The Bertz CT molecular complexity index is 575. The van der Waals surface area contributed by atoms with Gasteiger partial charge in [0.05, 0.1) is 18.5 Å². The maximum Gasteiger partial charge on any atom is 0.341 e. The molecule has 2 heterocycles. The zero-order valence-corrected chi connectivity index (χ0v) is 10.7. The molecule has 0 bridgehead atoms. The van der Waals surface area contributed by atoms with Gasteiger partial charge < -0.3 is 4.74 Å². The molecule has 0 saturated heterocycles. The molecule has 0 aliphatic heterocycles. The molecular weight excluding hydrogens is 230 g/mol. The summed E-state index contributed by atoms with van der Waals surface area (Å²) in [6.45, 7) is 5.94. The van der Waals surface area contributed by atoms with Crippen molar-refractivity contribution in [3.63, 3.8) is 0 Å². The van der Waals surface area contributed by atoms with Gasteiger partial charge in [0, 0.05) is 6.20 Å². The summed E-state index contributed by atoms with van der Waals surface area (Å²) in [5.74, 6) is 0.344. The Labute approximate surface area is 105 Å². The van der Waals surface area contributed by atoms with E-state index in [9.17, 15) is 4.79 Å². The monoisotopic (exact) mass is 245 g/mol. The summed E-state index contributed by atoms with van der Waals surface area (Å²) >= 11 is 0. The fourth-order valence-electron chi connectivity index (χ4n) is 1.69. The van der Waals surface area contributed by atoms with Gasteiger partial charge in [-0.3, -0.25) is 0 Å². The van der Waals surface area contributed by atoms with Crippen LogP contribution in [-0.2, 0) is 4.74 Å². The normalized spacial score (nSPS) is 10.4. The predicted molar refractivity (Wildman–Crippen MR) is 66.8 cm³/mol. The molecule has 2 aromatic rings. The molecule has 5 nitrogen and oxygen atoms in total. The Kier molecular flexibility index (Phi) is 3.41. The maximum absolute atomic E-state index is 11.7. The standard InChI is InChI=1S/C13H15N3O2/c1-4-18-13(17)11-8-15-16(10(11)3)12-7-9(2)5-6-14-12/h5-8H,4H2,1-3H3. The number of carbonyl (C=O) groups excluding carboxylic acids is 1. The first-order valence-corrected chi connectivity index (χ1v) is 5.78. The van der Waals surface area contributed by atoms with Gasteiger partial charge in [0.1, 0.15) is 5.56 Å². The van der Waals surface area contributed by atoms with Crippen LogP contribution in [0, 0.1) is 13.8 Å². The van der Waals surface area contributed by atoms with Gasteiger partial charge in [-0.05, 0) is 38.5 Å². The van der Waals surface area contributed by atoms with Crippen LogP contribution in [0.5, 0.6) is 0 Å². The first kappa shape index (κ1) is 12.3. The van der Waals surface area contributed by atoms with Gasteiger partial charge in [0.25, 0.3) is 0 Å². The number of nitrogens with zero attached hydrogens (tertiary/aromatic N) is 3. The number of esters is 1. The van der Waals surface area contributed by atoms with Gasteiger partial charge in [-0.25, -0.2) is 14.5 Å². The van der Waals surface area contributed by atoms with E-state index in [1.54, 1.807) is 17.8 Å². The molecule has 18 heavy (non-hydrogen) atoms. The largest absolute Gasteiger partial charge is 0.462 e. The molecular formula is C13H15N3O2. The Morgan fingerprint density at radius 1 is 1.44 bits per heavy atom. The van der Waals surface area contributed by atoms with Crippen molar-refractivity contribution in [2.45, 2.75) is 20.8 Å². The number of aromatic nitrogens is 3. The van der Waals surface area contributed by atoms with Crippen LogP contribution in [0.4, 0.5) is 0 Å². The first-order chi connectivity index (χ1) is 8.63. The molecule has 0 atom stereocenters. The molecule has 5 heteroatoms.